The second-order valence-corrected chi connectivity index (χ2v) is 18.5. The average Bonchev–Trinajstić information content (AvgIpc) is 3.76. The maximum absolute atomic E-state index is 6.75. The van der Waals surface area contributed by atoms with Crippen molar-refractivity contribution >= 4 is 21.8 Å². The second-order valence-electron chi connectivity index (χ2n) is 18.5. The van der Waals surface area contributed by atoms with Gasteiger partial charge in [-0.15, -0.1) is 0 Å². The molecular formula is C56H54N4O. The summed E-state index contributed by atoms with van der Waals surface area (Å²) < 4.78 is 13.3. The van der Waals surface area contributed by atoms with Crippen LogP contribution in [0.15, 0.2) is 164 Å². The fourth-order valence-corrected chi connectivity index (χ4v) is 8.68. The van der Waals surface area contributed by atoms with E-state index >= 15 is 0 Å². The van der Waals surface area contributed by atoms with Crippen LogP contribution in [0.5, 0.6) is 11.5 Å². The van der Waals surface area contributed by atoms with Gasteiger partial charge in [-0.1, -0.05) is 133 Å². The summed E-state index contributed by atoms with van der Waals surface area (Å²) >= 11 is 0. The van der Waals surface area contributed by atoms with E-state index in [0.717, 1.165) is 56.5 Å². The molecule has 0 bridgehead atoms. The van der Waals surface area contributed by atoms with E-state index in [1.54, 1.807) is 0 Å². The van der Waals surface area contributed by atoms with E-state index < -0.39 is 0 Å². The molecule has 0 unspecified atom stereocenters. The van der Waals surface area contributed by atoms with Gasteiger partial charge in [0.15, 0.2) is 0 Å². The molecule has 5 heteroatoms. The maximum Gasteiger partial charge on any atom is 0.269 e. The van der Waals surface area contributed by atoms with Crippen LogP contribution in [0.3, 0.4) is 0 Å². The first-order valence-electron chi connectivity index (χ1n) is 21.3. The van der Waals surface area contributed by atoms with Crippen LogP contribution in [0.1, 0.15) is 87.7 Å². The molecule has 0 atom stereocenters. The minimum atomic E-state index is -0.229. The van der Waals surface area contributed by atoms with Gasteiger partial charge in [0.25, 0.3) is 6.33 Å². The van der Waals surface area contributed by atoms with Crippen molar-refractivity contribution in [1.29, 1.82) is 0 Å². The van der Waals surface area contributed by atoms with Gasteiger partial charge in [-0.3, -0.25) is 13.7 Å². The highest BCUT2D eigenvalue weighted by atomic mass is 16.5. The molecule has 0 fully saturated rings. The van der Waals surface area contributed by atoms with Crippen molar-refractivity contribution in [2.75, 3.05) is 0 Å². The molecule has 9 aromatic rings. The molecular weight excluding hydrogens is 745 g/mol. The van der Waals surface area contributed by atoms with Crippen LogP contribution in [0.2, 0.25) is 0 Å². The fourth-order valence-electron chi connectivity index (χ4n) is 8.68. The summed E-state index contributed by atoms with van der Waals surface area (Å²) in [5.74, 6) is 2.36. The largest absolute Gasteiger partial charge is 0.458 e. The molecule has 304 valence electrons. The van der Waals surface area contributed by atoms with Crippen LogP contribution < -0.4 is 9.30 Å². The smallest absolute Gasteiger partial charge is 0.269 e. The van der Waals surface area contributed by atoms with Crippen molar-refractivity contribution in [2.45, 2.75) is 78.6 Å². The Morgan fingerprint density at radius 2 is 1.16 bits per heavy atom. The van der Waals surface area contributed by atoms with Gasteiger partial charge in [0, 0.05) is 33.9 Å². The minimum Gasteiger partial charge on any atom is -0.458 e. The minimum absolute atomic E-state index is 0.0488. The first kappa shape index (κ1) is 39.7. The van der Waals surface area contributed by atoms with Crippen molar-refractivity contribution in [3.8, 4) is 28.7 Å². The fraction of sp³-hybridized carbons (Fsp3) is 0.214. The van der Waals surface area contributed by atoms with Gasteiger partial charge in [0.05, 0.1) is 33.8 Å². The van der Waals surface area contributed by atoms with Gasteiger partial charge >= 0.3 is 0 Å². The Morgan fingerprint density at radius 1 is 0.525 bits per heavy atom. The SMILES string of the molecule is Cc1c(C)[n+](-c2cccc(C(C)(C)C)c2)[c-]n1-c1cccc(Oc2ccc3c4cc(C(C)(C)c5ccccc5)ccc4n(-c4cc(C(C)(C)c5ccccc5)ccn4)c3c2)c1. The lowest BCUT2D eigenvalue weighted by Crippen LogP contribution is -2.32. The monoisotopic (exact) mass is 798 g/mol. The number of rotatable bonds is 9. The number of aromatic nitrogens is 4. The lowest BCUT2D eigenvalue weighted by Gasteiger charge is -2.27. The summed E-state index contributed by atoms with van der Waals surface area (Å²) in [7, 11) is 0. The molecule has 0 aliphatic heterocycles. The molecule has 61 heavy (non-hydrogen) atoms. The molecule has 3 heterocycles. The molecule has 0 saturated heterocycles. The third-order valence-electron chi connectivity index (χ3n) is 12.8. The summed E-state index contributed by atoms with van der Waals surface area (Å²) in [6, 6.07) is 56.2. The Bertz CT molecular complexity index is 3050. The van der Waals surface area contributed by atoms with Gasteiger partial charge in [-0.05, 0) is 114 Å². The molecule has 5 nitrogen and oxygen atoms in total. The van der Waals surface area contributed by atoms with E-state index in [4.69, 9.17) is 9.72 Å². The Labute approximate surface area is 360 Å². The molecule has 6 aromatic carbocycles. The van der Waals surface area contributed by atoms with Crippen LogP contribution >= 0.6 is 0 Å². The normalized spacial score (nSPS) is 12.3. The Kier molecular flexibility index (Phi) is 9.82. The van der Waals surface area contributed by atoms with Crippen molar-refractivity contribution < 1.29 is 9.30 Å². The Morgan fingerprint density at radius 3 is 1.85 bits per heavy atom. The molecule has 0 spiro atoms. The molecule has 3 aromatic heterocycles. The van der Waals surface area contributed by atoms with Crippen molar-refractivity contribution in [1.82, 2.24) is 14.1 Å². The molecule has 0 aliphatic carbocycles. The number of ether oxygens (including phenoxy) is 1. The summed E-state index contributed by atoms with van der Waals surface area (Å²) in [6.07, 6.45) is 5.58. The average molecular weight is 799 g/mol. The van der Waals surface area contributed by atoms with Crippen molar-refractivity contribution in [3.05, 3.63) is 209 Å². The third kappa shape index (κ3) is 7.22. The van der Waals surface area contributed by atoms with Gasteiger partial charge in [0.2, 0.25) is 0 Å². The maximum atomic E-state index is 6.75. The van der Waals surface area contributed by atoms with Crippen molar-refractivity contribution in [3.63, 3.8) is 0 Å². The topological polar surface area (TPSA) is 35.9 Å². The number of nitrogens with zero attached hydrogens (tertiary/aromatic N) is 4. The predicted octanol–water partition coefficient (Wildman–Crippen LogP) is 13.4. The zero-order chi connectivity index (χ0) is 42.7. The quantitative estimate of drug-likeness (QED) is 0.108. The van der Waals surface area contributed by atoms with Crippen LogP contribution in [-0.4, -0.2) is 14.1 Å². The standard InChI is InChI=1S/C56H54N4O/c1-38-39(2)59(37-58(38)45-23-16-22-42(32-45)54(3,4)5)46-24-17-25-47(35-46)61-48-27-28-49-50-33-43(55(6,7)40-18-12-10-13-19-40)26-29-51(50)60(52(49)36-48)53-34-44(30-31-57-53)56(8,9)41-20-14-11-15-21-41/h10-36H,1-9H3. The van der Waals surface area contributed by atoms with Crippen LogP contribution in [0.4, 0.5) is 0 Å². The molecule has 0 N–H and O–H groups in total. The number of hydrogen-bond acceptors (Lipinski definition) is 2. The molecule has 0 aliphatic rings. The third-order valence-corrected chi connectivity index (χ3v) is 12.8. The summed E-state index contributed by atoms with van der Waals surface area (Å²) in [5, 5.41) is 2.32. The molecule has 9 rings (SSSR count). The highest BCUT2D eigenvalue weighted by molar-refractivity contribution is 6.09. The lowest BCUT2D eigenvalue weighted by molar-refractivity contribution is -0.606. The van der Waals surface area contributed by atoms with E-state index in [1.165, 1.54) is 33.2 Å². The number of pyridine rings is 1. The van der Waals surface area contributed by atoms with Crippen LogP contribution in [0.25, 0.3) is 39.0 Å². The van der Waals surface area contributed by atoms with Crippen LogP contribution in [-0.2, 0) is 16.2 Å². The van der Waals surface area contributed by atoms with E-state index in [0.29, 0.717) is 0 Å². The van der Waals surface area contributed by atoms with Gasteiger partial charge in [-0.2, -0.15) is 0 Å². The highest BCUT2D eigenvalue weighted by Gasteiger charge is 2.27. The highest BCUT2D eigenvalue weighted by Crippen LogP contribution is 2.40. The van der Waals surface area contributed by atoms with Crippen LogP contribution in [0, 0.1) is 20.2 Å². The van der Waals surface area contributed by atoms with Gasteiger partial charge in [-0.25, -0.2) is 4.98 Å². The van der Waals surface area contributed by atoms with Gasteiger partial charge in [0.1, 0.15) is 17.3 Å². The number of hydrogen-bond donors (Lipinski definition) is 0. The molecule has 0 saturated carbocycles. The number of imidazole rings is 1. The molecule has 0 amide bonds. The zero-order valence-electron chi connectivity index (χ0n) is 36.8. The van der Waals surface area contributed by atoms with Crippen molar-refractivity contribution in [2.24, 2.45) is 0 Å². The second kappa shape index (κ2) is 15.1. The lowest BCUT2D eigenvalue weighted by atomic mass is 9.78. The first-order valence-corrected chi connectivity index (χ1v) is 21.3. The summed E-state index contributed by atoms with van der Waals surface area (Å²) in [4.78, 5) is 5.04. The van der Waals surface area contributed by atoms with E-state index in [1.807, 2.05) is 18.3 Å². The predicted molar refractivity (Wildman–Crippen MR) is 250 cm³/mol. The summed E-state index contributed by atoms with van der Waals surface area (Å²) in [5.41, 5.74) is 12.4. The van der Waals surface area contributed by atoms with E-state index in [-0.39, 0.29) is 16.2 Å². The first-order chi connectivity index (χ1) is 29.2. The van der Waals surface area contributed by atoms with E-state index in [2.05, 4.69) is 228 Å². The Balaban J connectivity index is 1.14. The Hall–Kier alpha value is -6.72. The van der Waals surface area contributed by atoms with Gasteiger partial charge < -0.3 is 4.74 Å². The number of fused-ring (bicyclic) bond motifs is 3. The molecule has 0 radical (unpaired) electrons. The summed E-state index contributed by atoms with van der Waals surface area (Å²) in [6.45, 7) is 20.2. The number of benzene rings is 6. The van der Waals surface area contributed by atoms with E-state index in [9.17, 15) is 0 Å². The zero-order valence-corrected chi connectivity index (χ0v) is 36.8.